The summed E-state index contributed by atoms with van der Waals surface area (Å²) in [6.45, 7) is 3.52. The number of rotatable bonds is 6. The summed E-state index contributed by atoms with van der Waals surface area (Å²) in [5.74, 6) is 1.70. The maximum Gasteiger partial charge on any atom is 0.180 e. The first-order chi connectivity index (χ1) is 14.1. The molecule has 6 heteroatoms. The number of hydrogen-bond donors (Lipinski definition) is 4. The average Bonchev–Trinajstić information content (AvgIpc) is 2.74. The second kappa shape index (κ2) is 8.61. The van der Waals surface area contributed by atoms with Crippen LogP contribution in [0, 0.1) is 6.92 Å². The van der Waals surface area contributed by atoms with E-state index in [0.717, 1.165) is 30.0 Å². The molecule has 1 atom stereocenters. The lowest BCUT2D eigenvalue weighted by Gasteiger charge is -2.28. The van der Waals surface area contributed by atoms with Crippen molar-refractivity contribution in [1.82, 2.24) is 10.3 Å². The van der Waals surface area contributed by atoms with Crippen molar-refractivity contribution in [3.8, 4) is 11.5 Å². The van der Waals surface area contributed by atoms with Crippen molar-refractivity contribution in [3.05, 3.63) is 83.2 Å². The number of aliphatic hydroxyl groups is 2. The smallest absolute Gasteiger partial charge is 0.180 e. The minimum absolute atomic E-state index is 0.107. The molecule has 0 unspecified atom stereocenters. The fourth-order valence-electron chi connectivity index (χ4n) is 3.66. The van der Waals surface area contributed by atoms with E-state index in [1.807, 2.05) is 37.3 Å². The molecule has 2 heterocycles. The molecular formula is C23H25N3O3. The average molecular weight is 391 g/mol. The van der Waals surface area contributed by atoms with Crippen LogP contribution in [0.15, 0.2) is 60.9 Å². The van der Waals surface area contributed by atoms with Gasteiger partial charge in [0.05, 0.1) is 11.9 Å². The second-order valence-corrected chi connectivity index (χ2v) is 7.20. The molecule has 3 aromatic rings. The van der Waals surface area contributed by atoms with E-state index in [-0.39, 0.29) is 6.04 Å². The first-order valence-electron chi connectivity index (χ1n) is 9.75. The van der Waals surface area contributed by atoms with Gasteiger partial charge in [0, 0.05) is 24.3 Å². The van der Waals surface area contributed by atoms with Crippen molar-refractivity contribution >= 4 is 5.69 Å². The highest BCUT2D eigenvalue weighted by Crippen LogP contribution is 2.31. The van der Waals surface area contributed by atoms with Crippen molar-refractivity contribution in [3.63, 3.8) is 0 Å². The Morgan fingerprint density at radius 2 is 2.07 bits per heavy atom. The normalized spacial score (nSPS) is 15.8. The second-order valence-electron chi connectivity index (χ2n) is 7.20. The Morgan fingerprint density at radius 3 is 2.90 bits per heavy atom. The number of ether oxygens (including phenoxy) is 1. The molecule has 1 aliphatic rings. The number of nitrogens with one attached hydrogen (secondary N) is 2. The van der Waals surface area contributed by atoms with E-state index in [4.69, 9.17) is 4.74 Å². The lowest BCUT2D eigenvalue weighted by molar-refractivity contribution is -0.0419. The van der Waals surface area contributed by atoms with Gasteiger partial charge in [-0.25, -0.2) is 0 Å². The molecule has 0 radical (unpaired) electrons. The van der Waals surface area contributed by atoms with E-state index >= 15 is 0 Å². The summed E-state index contributed by atoms with van der Waals surface area (Å²) in [4.78, 5) is 4.07. The van der Waals surface area contributed by atoms with Gasteiger partial charge in [-0.3, -0.25) is 4.98 Å². The predicted octanol–water partition coefficient (Wildman–Crippen LogP) is 3.46. The van der Waals surface area contributed by atoms with Crippen LogP contribution in [0.4, 0.5) is 5.69 Å². The van der Waals surface area contributed by atoms with E-state index in [9.17, 15) is 10.2 Å². The number of fused-ring (bicyclic) bond motifs is 1. The monoisotopic (exact) mass is 391 g/mol. The predicted molar refractivity (Wildman–Crippen MR) is 112 cm³/mol. The van der Waals surface area contributed by atoms with Crippen LogP contribution >= 0.6 is 0 Å². The Hall–Kier alpha value is -2.93. The van der Waals surface area contributed by atoms with Gasteiger partial charge in [-0.2, -0.15) is 0 Å². The van der Waals surface area contributed by atoms with Crippen molar-refractivity contribution in [2.75, 3.05) is 18.4 Å². The van der Waals surface area contributed by atoms with Gasteiger partial charge in [0.25, 0.3) is 0 Å². The molecule has 0 aliphatic carbocycles. The van der Waals surface area contributed by atoms with E-state index in [1.165, 1.54) is 11.1 Å². The molecule has 150 valence electrons. The Labute approximate surface area is 170 Å². The third-order valence-corrected chi connectivity index (χ3v) is 5.23. The molecule has 0 saturated heterocycles. The number of aliphatic hydroxyl groups excluding tert-OH is 1. The minimum Gasteiger partial charge on any atom is -0.457 e. The van der Waals surface area contributed by atoms with E-state index in [0.29, 0.717) is 17.8 Å². The number of anilines is 1. The van der Waals surface area contributed by atoms with Gasteiger partial charge in [0.1, 0.15) is 11.5 Å². The quantitative estimate of drug-likeness (QED) is 0.482. The van der Waals surface area contributed by atoms with Crippen LogP contribution in [0.3, 0.4) is 0 Å². The summed E-state index contributed by atoms with van der Waals surface area (Å²) in [6, 6.07) is 15.9. The molecule has 0 spiro atoms. The molecule has 0 bridgehead atoms. The van der Waals surface area contributed by atoms with Gasteiger partial charge in [-0.15, -0.1) is 0 Å². The molecule has 0 saturated carbocycles. The van der Waals surface area contributed by atoms with Gasteiger partial charge in [0.15, 0.2) is 6.29 Å². The molecule has 1 aliphatic heterocycles. The standard InChI is InChI=1S/C23H25N3O3/c1-15-4-2-3-5-22(15)29-17-6-7-18-16(12-17)8-11-25-21(18)14-26-20-13-24-10-9-19(20)23(27)28/h2-7,9-10,12-13,21,23,25-28H,8,11,14H2,1H3/t21-/m0/s1. The molecule has 4 rings (SSSR count). The Kier molecular flexibility index (Phi) is 5.76. The Balaban J connectivity index is 1.50. The Morgan fingerprint density at radius 1 is 1.21 bits per heavy atom. The highest BCUT2D eigenvalue weighted by atomic mass is 16.5. The highest BCUT2D eigenvalue weighted by molar-refractivity contribution is 5.50. The third-order valence-electron chi connectivity index (χ3n) is 5.23. The Bertz CT molecular complexity index is 991. The molecular weight excluding hydrogens is 366 g/mol. The molecule has 4 N–H and O–H groups in total. The number of aryl methyl sites for hydroxylation is 1. The van der Waals surface area contributed by atoms with Crippen molar-refractivity contribution in [1.29, 1.82) is 0 Å². The van der Waals surface area contributed by atoms with Gasteiger partial charge < -0.3 is 25.6 Å². The zero-order chi connectivity index (χ0) is 20.2. The molecule has 29 heavy (non-hydrogen) atoms. The van der Waals surface area contributed by atoms with Crippen LogP contribution in [0.5, 0.6) is 11.5 Å². The topological polar surface area (TPSA) is 86.6 Å². The van der Waals surface area contributed by atoms with Crippen LogP contribution in [-0.4, -0.2) is 28.3 Å². The van der Waals surface area contributed by atoms with Gasteiger partial charge in [-0.1, -0.05) is 24.3 Å². The maximum atomic E-state index is 9.53. The molecule has 0 amide bonds. The van der Waals surface area contributed by atoms with Crippen molar-refractivity contribution < 1.29 is 14.9 Å². The first kappa shape index (κ1) is 19.4. The van der Waals surface area contributed by atoms with E-state index < -0.39 is 6.29 Å². The number of benzene rings is 2. The maximum absolute atomic E-state index is 9.53. The summed E-state index contributed by atoms with van der Waals surface area (Å²) in [7, 11) is 0. The van der Waals surface area contributed by atoms with Gasteiger partial charge in [0.2, 0.25) is 0 Å². The molecule has 1 aromatic heterocycles. The summed E-state index contributed by atoms with van der Waals surface area (Å²) in [6.07, 6.45) is 2.56. The lowest BCUT2D eigenvalue weighted by Crippen LogP contribution is -2.34. The molecule has 2 aromatic carbocycles. The fourth-order valence-corrected chi connectivity index (χ4v) is 3.66. The van der Waals surface area contributed by atoms with Crippen LogP contribution in [-0.2, 0) is 6.42 Å². The fraction of sp³-hybridized carbons (Fsp3) is 0.261. The van der Waals surface area contributed by atoms with Crippen LogP contribution in [0.2, 0.25) is 0 Å². The molecule has 0 fully saturated rings. The minimum atomic E-state index is -1.53. The lowest BCUT2D eigenvalue weighted by atomic mass is 9.94. The third kappa shape index (κ3) is 4.40. The largest absolute Gasteiger partial charge is 0.457 e. The van der Waals surface area contributed by atoms with E-state index in [1.54, 1.807) is 18.5 Å². The number of hydrogen-bond acceptors (Lipinski definition) is 6. The first-order valence-corrected chi connectivity index (χ1v) is 9.75. The van der Waals surface area contributed by atoms with Crippen LogP contribution < -0.4 is 15.4 Å². The number of pyridine rings is 1. The van der Waals surface area contributed by atoms with Crippen molar-refractivity contribution in [2.24, 2.45) is 0 Å². The highest BCUT2D eigenvalue weighted by Gasteiger charge is 2.21. The SMILES string of the molecule is Cc1ccccc1Oc1ccc2c(c1)CCN[C@H]2CNc1cnccc1C(O)O. The number of nitrogens with zero attached hydrogens (tertiary/aromatic N) is 1. The number of aromatic nitrogens is 1. The summed E-state index contributed by atoms with van der Waals surface area (Å²) < 4.78 is 6.08. The van der Waals surface area contributed by atoms with E-state index in [2.05, 4.69) is 27.8 Å². The van der Waals surface area contributed by atoms with Crippen molar-refractivity contribution in [2.45, 2.75) is 25.7 Å². The zero-order valence-electron chi connectivity index (χ0n) is 16.3. The summed E-state index contributed by atoms with van der Waals surface area (Å²) >= 11 is 0. The zero-order valence-corrected chi connectivity index (χ0v) is 16.3. The van der Waals surface area contributed by atoms with Crippen LogP contribution in [0.1, 0.15) is 34.6 Å². The summed E-state index contributed by atoms with van der Waals surface area (Å²) in [5.41, 5.74) is 4.62. The van der Waals surface area contributed by atoms with Gasteiger partial charge >= 0.3 is 0 Å². The van der Waals surface area contributed by atoms with Gasteiger partial charge in [-0.05, 0) is 60.8 Å². The molecule has 6 nitrogen and oxygen atoms in total. The number of para-hydroxylation sites is 1. The van der Waals surface area contributed by atoms with Crippen LogP contribution in [0.25, 0.3) is 0 Å². The summed E-state index contributed by atoms with van der Waals surface area (Å²) in [5, 5.41) is 25.9.